The van der Waals surface area contributed by atoms with E-state index in [0.717, 1.165) is 18.5 Å². The van der Waals surface area contributed by atoms with E-state index in [9.17, 15) is 4.79 Å². The topological polar surface area (TPSA) is 32.3 Å². The Kier molecular flexibility index (Phi) is 3.25. The zero-order chi connectivity index (χ0) is 11.5. The molecule has 0 saturated heterocycles. The van der Waals surface area contributed by atoms with Crippen molar-refractivity contribution in [2.45, 2.75) is 25.8 Å². The predicted molar refractivity (Wildman–Crippen MR) is 65.6 cm³/mol. The molecule has 1 unspecified atom stereocenters. The number of likely N-dealkylation sites (N-methyl/N-ethyl adjacent to an activating group) is 1. The van der Waals surface area contributed by atoms with E-state index in [1.54, 1.807) is 7.05 Å². The van der Waals surface area contributed by atoms with Crippen LogP contribution in [0.1, 0.15) is 18.9 Å². The van der Waals surface area contributed by atoms with E-state index < -0.39 is 0 Å². The van der Waals surface area contributed by atoms with Gasteiger partial charge in [-0.2, -0.15) is 0 Å². The molecule has 0 radical (unpaired) electrons. The summed E-state index contributed by atoms with van der Waals surface area (Å²) in [5, 5.41) is 2.92. The minimum absolute atomic E-state index is 0.155. The molecule has 3 heteroatoms. The monoisotopic (exact) mass is 218 g/mol. The molecule has 1 aliphatic rings. The molecule has 86 valence electrons. The van der Waals surface area contributed by atoms with Gasteiger partial charge in [-0.15, -0.1) is 0 Å². The molecule has 1 amide bonds. The van der Waals surface area contributed by atoms with Crippen LogP contribution >= 0.6 is 0 Å². The number of hydrogen-bond acceptors (Lipinski definition) is 2. The smallest absolute Gasteiger partial charge is 0.241 e. The molecule has 0 spiro atoms. The standard InChI is InChI=1S/C13H18N2O/c1-10-7-8-11-5-3-4-6-12(11)15(10)13(16)9-14-2/h3-6,10,14H,7-9H2,1-2H3. The summed E-state index contributed by atoms with van der Waals surface area (Å²) < 4.78 is 0. The van der Waals surface area contributed by atoms with Gasteiger partial charge in [0.05, 0.1) is 6.54 Å². The lowest BCUT2D eigenvalue weighted by Crippen LogP contribution is -2.45. The maximum atomic E-state index is 12.0. The quantitative estimate of drug-likeness (QED) is 0.817. The number of rotatable bonds is 2. The van der Waals surface area contributed by atoms with Gasteiger partial charge < -0.3 is 10.2 Å². The summed E-state index contributed by atoms with van der Waals surface area (Å²) in [6.07, 6.45) is 2.12. The Bertz CT molecular complexity index is 389. The molecular weight excluding hydrogens is 200 g/mol. The maximum Gasteiger partial charge on any atom is 0.241 e. The zero-order valence-electron chi connectivity index (χ0n) is 9.86. The average molecular weight is 218 g/mol. The normalized spacial score (nSPS) is 19.4. The fourth-order valence-electron chi connectivity index (χ4n) is 2.30. The lowest BCUT2D eigenvalue weighted by Gasteiger charge is -2.35. The summed E-state index contributed by atoms with van der Waals surface area (Å²) in [5.74, 6) is 0.155. The van der Waals surface area contributed by atoms with Crippen molar-refractivity contribution in [1.82, 2.24) is 5.32 Å². The van der Waals surface area contributed by atoms with Crippen LogP contribution in [-0.2, 0) is 11.2 Å². The lowest BCUT2D eigenvalue weighted by molar-refractivity contribution is -0.118. The first-order valence-electron chi connectivity index (χ1n) is 5.78. The van der Waals surface area contributed by atoms with Crippen molar-refractivity contribution in [2.24, 2.45) is 0 Å². The van der Waals surface area contributed by atoms with Gasteiger partial charge in [-0.1, -0.05) is 18.2 Å². The maximum absolute atomic E-state index is 12.0. The molecule has 16 heavy (non-hydrogen) atoms. The largest absolute Gasteiger partial charge is 0.311 e. The number of para-hydroxylation sites is 1. The molecule has 1 N–H and O–H groups in total. The zero-order valence-corrected chi connectivity index (χ0v) is 9.86. The molecule has 0 saturated carbocycles. The first-order valence-corrected chi connectivity index (χ1v) is 5.78. The van der Waals surface area contributed by atoms with Gasteiger partial charge in [0.1, 0.15) is 0 Å². The second-order valence-electron chi connectivity index (χ2n) is 4.31. The highest BCUT2D eigenvalue weighted by atomic mass is 16.2. The third kappa shape index (κ3) is 1.95. The SMILES string of the molecule is CNCC(=O)N1c2ccccc2CCC1C. The summed E-state index contributed by atoms with van der Waals surface area (Å²) in [4.78, 5) is 14.0. The van der Waals surface area contributed by atoms with Crippen LogP contribution in [0.25, 0.3) is 0 Å². The van der Waals surface area contributed by atoms with Crippen LogP contribution in [0.5, 0.6) is 0 Å². The first kappa shape index (κ1) is 11.1. The Morgan fingerprint density at radius 3 is 3.00 bits per heavy atom. The minimum Gasteiger partial charge on any atom is -0.311 e. The number of hydrogen-bond donors (Lipinski definition) is 1. The van der Waals surface area contributed by atoms with Crippen molar-refractivity contribution in [3.8, 4) is 0 Å². The number of anilines is 1. The van der Waals surface area contributed by atoms with Crippen molar-refractivity contribution in [3.63, 3.8) is 0 Å². The van der Waals surface area contributed by atoms with Crippen molar-refractivity contribution >= 4 is 11.6 Å². The van der Waals surface area contributed by atoms with Crippen molar-refractivity contribution in [1.29, 1.82) is 0 Å². The molecule has 1 atom stereocenters. The summed E-state index contributed by atoms with van der Waals surface area (Å²) in [7, 11) is 1.80. The fraction of sp³-hybridized carbons (Fsp3) is 0.462. The lowest BCUT2D eigenvalue weighted by atomic mass is 9.96. The van der Waals surface area contributed by atoms with Crippen molar-refractivity contribution in [2.75, 3.05) is 18.5 Å². The predicted octanol–water partition coefficient (Wildman–Crippen LogP) is 1.57. The molecule has 1 aromatic carbocycles. The number of carbonyl (C=O) groups excluding carboxylic acids is 1. The van der Waals surface area contributed by atoms with Gasteiger partial charge in [-0.25, -0.2) is 0 Å². The number of carbonyl (C=O) groups is 1. The fourth-order valence-corrected chi connectivity index (χ4v) is 2.30. The number of fused-ring (bicyclic) bond motifs is 1. The molecule has 1 heterocycles. The molecule has 1 aliphatic heterocycles. The summed E-state index contributed by atoms with van der Waals surface area (Å²) in [6, 6.07) is 8.49. The number of benzene rings is 1. The van der Waals surface area contributed by atoms with E-state index in [0.29, 0.717) is 12.6 Å². The van der Waals surface area contributed by atoms with E-state index in [-0.39, 0.29) is 5.91 Å². The molecule has 0 aromatic heterocycles. The molecular formula is C13H18N2O. The Labute approximate surface area is 96.5 Å². The molecule has 2 rings (SSSR count). The van der Waals surface area contributed by atoms with Gasteiger partial charge >= 0.3 is 0 Å². The van der Waals surface area contributed by atoms with Crippen LogP contribution < -0.4 is 10.2 Å². The number of amides is 1. The van der Waals surface area contributed by atoms with Crippen LogP contribution in [0.15, 0.2) is 24.3 Å². The Hall–Kier alpha value is -1.35. The van der Waals surface area contributed by atoms with Gasteiger partial charge in [-0.05, 0) is 38.4 Å². The second kappa shape index (κ2) is 4.66. The highest BCUT2D eigenvalue weighted by molar-refractivity contribution is 5.96. The Morgan fingerprint density at radius 1 is 1.50 bits per heavy atom. The van der Waals surface area contributed by atoms with E-state index in [2.05, 4.69) is 18.3 Å². The highest BCUT2D eigenvalue weighted by Gasteiger charge is 2.26. The summed E-state index contributed by atoms with van der Waals surface area (Å²) >= 11 is 0. The van der Waals surface area contributed by atoms with E-state index in [1.165, 1.54) is 5.56 Å². The van der Waals surface area contributed by atoms with Crippen LogP contribution in [0.4, 0.5) is 5.69 Å². The Morgan fingerprint density at radius 2 is 2.25 bits per heavy atom. The average Bonchev–Trinajstić information content (AvgIpc) is 2.29. The van der Waals surface area contributed by atoms with Crippen LogP contribution in [0.2, 0.25) is 0 Å². The van der Waals surface area contributed by atoms with E-state index in [4.69, 9.17) is 0 Å². The third-order valence-corrected chi connectivity index (χ3v) is 3.12. The van der Waals surface area contributed by atoms with Gasteiger partial charge in [-0.3, -0.25) is 4.79 Å². The second-order valence-corrected chi connectivity index (χ2v) is 4.31. The third-order valence-electron chi connectivity index (χ3n) is 3.12. The molecule has 0 fully saturated rings. The van der Waals surface area contributed by atoms with Gasteiger partial charge in [0.25, 0.3) is 0 Å². The number of nitrogens with one attached hydrogen (secondary N) is 1. The van der Waals surface area contributed by atoms with Crippen LogP contribution in [0, 0.1) is 0 Å². The number of nitrogens with zero attached hydrogens (tertiary/aromatic N) is 1. The van der Waals surface area contributed by atoms with Crippen LogP contribution in [0.3, 0.4) is 0 Å². The summed E-state index contributed by atoms with van der Waals surface area (Å²) in [5.41, 5.74) is 2.37. The number of aryl methyl sites for hydroxylation is 1. The molecule has 0 aliphatic carbocycles. The van der Waals surface area contributed by atoms with Gasteiger partial charge in [0.2, 0.25) is 5.91 Å². The van der Waals surface area contributed by atoms with Crippen molar-refractivity contribution in [3.05, 3.63) is 29.8 Å². The molecule has 1 aromatic rings. The van der Waals surface area contributed by atoms with Crippen molar-refractivity contribution < 1.29 is 4.79 Å². The molecule has 3 nitrogen and oxygen atoms in total. The first-order chi connectivity index (χ1) is 7.74. The highest BCUT2D eigenvalue weighted by Crippen LogP contribution is 2.30. The van der Waals surface area contributed by atoms with E-state index >= 15 is 0 Å². The minimum atomic E-state index is 0.155. The van der Waals surface area contributed by atoms with Gasteiger partial charge in [0.15, 0.2) is 0 Å². The summed E-state index contributed by atoms with van der Waals surface area (Å²) in [6.45, 7) is 2.52. The molecule has 0 bridgehead atoms. The Balaban J connectivity index is 2.33. The van der Waals surface area contributed by atoms with Crippen LogP contribution in [-0.4, -0.2) is 25.5 Å². The van der Waals surface area contributed by atoms with E-state index in [1.807, 2.05) is 23.1 Å². The van der Waals surface area contributed by atoms with Gasteiger partial charge in [0, 0.05) is 11.7 Å².